The molecule has 0 bridgehead atoms. The molecule has 3 aromatic rings. The average Bonchev–Trinajstić information content (AvgIpc) is 2.83. The Morgan fingerprint density at radius 1 is 0.935 bits per heavy atom. The molecule has 0 amide bonds. The summed E-state index contributed by atoms with van der Waals surface area (Å²) in [6, 6.07) is 21.2. The number of thioether (sulfide) groups is 1. The van der Waals surface area contributed by atoms with Crippen molar-refractivity contribution in [3.63, 3.8) is 0 Å². The van der Waals surface area contributed by atoms with Gasteiger partial charge in [-0.1, -0.05) is 24.3 Å². The van der Waals surface area contributed by atoms with Crippen LogP contribution in [0, 0.1) is 0 Å². The van der Waals surface area contributed by atoms with E-state index >= 15 is 0 Å². The Labute approximate surface area is 189 Å². The van der Waals surface area contributed by atoms with Gasteiger partial charge in [0.2, 0.25) is 0 Å². The Kier molecular flexibility index (Phi) is 4.89. The summed E-state index contributed by atoms with van der Waals surface area (Å²) in [6.07, 6.45) is 0. The molecule has 0 radical (unpaired) electrons. The number of ether oxygens (including phenoxy) is 1. The Balaban J connectivity index is 1.21. The third-order valence-electron chi connectivity index (χ3n) is 6.00. The van der Waals surface area contributed by atoms with E-state index < -0.39 is 11.2 Å². The monoisotopic (exact) mass is 449 g/mol. The summed E-state index contributed by atoms with van der Waals surface area (Å²) in [5.74, 6) is 1.59. The summed E-state index contributed by atoms with van der Waals surface area (Å²) in [5, 5.41) is 10.9. The van der Waals surface area contributed by atoms with Gasteiger partial charge in [0.25, 0.3) is 0 Å². The van der Waals surface area contributed by atoms with Crippen LogP contribution in [0.2, 0.25) is 0 Å². The van der Waals surface area contributed by atoms with Gasteiger partial charge < -0.3 is 25.2 Å². The van der Waals surface area contributed by atoms with Crippen LogP contribution in [0.1, 0.15) is 22.4 Å². The second kappa shape index (κ2) is 7.89. The van der Waals surface area contributed by atoms with Crippen LogP contribution in [0.4, 0.5) is 17.1 Å². The number of anilines is 3. The maximum atomic E-state index is 12.4. The van der Waals surface area contributed by atoms with Gasteiger partial charge in [-0.05, 0) is 58.7 Å². The van der Waals surface area contributed by atoms with Crippen molar-refractivity contribution in [3.8, 4) is 5.75 Å². The second-order valence-electron chi connectivity index (χ2n) is 7.98. The minimum absolute atomic E-state index is 0.132. The van der Waals surface area contributed by atoms with Gasteiger partial charge >= 0.3 is 0 Å². The second-order valence-corrected chi connectivity index (χ2v) is 10.8. The highest BCUT2D eigenvalue weighted by molar-refractivity contribution is 7.99. The lowest BCUT2D eigenvalue weighted by molar-refractivity contribution is 0.286. The molecular formula is C24H23N3O2S2. The zero-order valence-electron chi connectivity index (χ0n) is 16.9. The van der Waals surface area contributed by atoms with Crippen LogP contribution in [0.3, 0.4) is 0 Å². The highest BCUT2D eigenvalue weighted by atomic mass is 32.2. The van der Waals surface area contributed by atoms with Gasteiger partial charge in [0.1, 0.15) is 18.1 Å². The number of nitrogens with one attached hydrogen (secondary N) is 3. The first-order chi connectivity index (χ1) is 15.2. The summed E-state index contributed by atoms with van der Waals surface area (Å²) in [5.41, 5.74) is 5.66. The zero-order valence-corrected chi connectivity index (χ0v) is 18.5. The number of para-hydroxylation sites is 2. The highest BCUT2D eigenvalue weighted by Gasteiger charge is 2.27. The molecule has 3 aliphatic heterocycles. The van der Waals surface area contributed by atoms with Crippen LogP contribution in [0.5, 0.6) is 5.75 Å². The molecule has 3 aromatic carbocycles. The van der Waals surface area contributed by atoms with Gasteiger partial charge in [-0.2, -0.15) is 0 Å². The lowest BCUT2D eigenvalue weighted by atomic mass is 10.0. The standard InChI is InChI=1S/C24H23N3O2S2/c28-31-10-9-25-18-7-5-16(12-24(18)31)23-13-26-19-11-15(6-8-22(19)30-23)20-14-29-21-4-2-1-3-17(21)27-20/h1-8,11-12,20,23,25-27H,9-10,13-14H2. The minimum atomic E-state index is -0.908. The molecule has 0 aromatic heterocycles. The molecule has 3 unspecified atom stereocenters. The van der Waals surface area contributed by atoms with Crippen molar-refractivity contribution in [1.82, 2.24) is 0 Å². The minimum Gasteiger partial charge on any atom is -0.611 e. The first kappa shape index (κ1) is 19.2. The first-order valence-corrected chi connectivity index (χ1v) is 12.7. The van der Waals surface area contributed by atoms with Crippen molar-refractivity contribution in [2.75, 3.05) is 41.4 Å². The van der Waals surface area contributed by atoms with Gasteiger partial charge in [-0.3, -0.25) is 0 Å². The van der Waals surface area contributed by atoms with E-state index in [1.807, 2.05) is 30.0 Å². The van der Waals surface area contributed by atoms with Crippen molar-refractivity contribution in [2.45, 2.75) is 21.1 Å². The van der Waals surface area contributed by atoms with E-state index in [9.17, 15) is 4.55 Å². The Morgan fingerprint density at radius 2 is 1.84 bits per heavy atom. The normalized spacial score (nSPS) is 23.7. The van der Waals surface area contributed by atoms with Gasteiger partial charge in [-0.15, -0.1) is 11.8 Å². The Morgan fingerprint density at radius 3 is 2.81 bits per heavy atom. The van der Waals surface area contributed by atoms with Gasteiger partial charge in [-0.25, -0.2) is 0 Å². The summed E-state index contributed by atoms with van der Waals surface area (Å²) < 4.78 is 18.4. The van der Waals surface area contributed by atoms with Gasteiger partial charge in [0.15, 0.2) is 4.90 Å². The number of benzene rings is 3. The lowest BCUT2D eigenvalue weighted by Gasteiger charge is -2.30. The Bertz CT molecular complexity index is 1140. The third-order valence-corrected chi connectivity index (χ3v) is 8.74. The van der Waals surface area contributed by atoms with Crippen molar-refractivity contribution < 1.29 is 9.29 Å². The SMILES string of the molecule is [O-][S+]1CCNc2ccc(C3CNc4cc(C5COc6ccccc6N5)ccc4S3)cc21. The van der Waals surface area contributed by atoms with E-state index in [-0.39, 0.29) is 6.04 Å². The molecule has 3 heterocycles. The molecule has 0 saturated heterocycles. The average molecular weight is 450 g/mol. The summed E-state index contributed by atoms with van der Waals surface area (Å²) >= 11 is 0.965. The maximum Gasteiger partial charge on any atom is 0.176 e. The van der Waals surface area contributed by atoms with Crippen molar-refractivity contribution >= 4 is 40.0 Å². The molecule has 6 rings (SSSR count). The van der Waals surface area contributed by atoms with Crippen LogP contribution in [-0.4, -0.2) is 30.0 Å². The molecule has 0 spiro atoms. The van der Waals surface area contributed by atoms with Crippen molar-refractivity contribution in [1.29, 1.82) is 0 Å². The van der Waals surface area contributed by atoms with Gasteiger partial charge in [0.05, 0.1) is 29.2 Å². The van der Waals surface area contributed by atoms with E-state index in [4.69, 9.17) is 4.74 Å². The fourth-order valence-corrected chi connectivity index (χ4v) is 6.67. The molecule has 7 heteroatoms. The van der Waals surface area contributed by atoms with E-state index in [1.165, 1.54) is 21.7 Å². The fraction of sp³-hybridized carbons (Fsp3) is 0.250. The largest absolute Gasteiger partial charge is 0.611 e. The topological polar surface area (TPSA) is 68.4 Å². The van der Waals surface area contributed by atoms with E-state index in [0.29, 0.717) is 17.6 Å². The lowest BCUT2D eigenvalue weighted by Crippen LogP contribution is -2.24. The molecule has 3 atom stereocenters. The summed E-state index contributed by atoms with van der Waals surface area (Å²) in [6.45, 7) is 2.24. The molecule has 3 aliphatic rings. The van der Waals surface area contributed by atoms with Crippen molar-refractivity contribution in [3.05, 3.63) is 71.8 Å². The van der Waals surface area contributed by atoms with Crippen LogP contribution < -0.4 is 20.7 Å². The van der Waals surface area contributed by atoms with E-state index in [2.05, 4.69) is 58.4 Å². The third kappa shape index (κ3) is 3.60. The molecule has 5 nitrogen and oxygen atoms in total. The molecule has 0 aliphatic carbocycles. The molecule has 31 heavy (non-hydrogen) atoms. The zero-order chi connectivity index (χ0) is 20.8. The number of hydrogen-bond donors (Lipinski definition) is 3. The first-order valence-electron chi connectivity index (χ1n) is 10.5. The predicted molar refractivity (Wildman–Crippen MR) is 128 cm³/mol. The number of rotatable bonds is 2. The Hall–Kier alpha value is -2.48. The summed E-state index contributed by atoms with van der Waals surface area (Å²) in [4.78, 5) is 2.18. The molecule has 158 valence electrons. The quantitative estimate of drug-likeness (QED) is 0.477. The molecule has 0 saturated carbocycles. The van der Waals surface area contributed by atoms with Crippen LogP contribution in [-0.2, 0) is 11.2 Å². The van der Waals surface area contributed by atoms with Crippen LogP contribution in [0.25, 0.3) is 0 Å². The van der Waals surface area contributed by atoms with Crippen LogP contribution in [0.15, 0.2) is 70.5 Å². The van der Waals surface area contributed by atoms with Crippen LogP contribution >= 0.6 is 11.8 Å². The smallest absolute Gasteiger partial charge is 0.176 e. The molecular weight excluding hydrogens is 426 g/mol. The highest BCUT2D eigenvalue weighted by Crippen LogP contribution is 2.45. The fourth-order valence-electron chi connectivity index (χ4n) is 4.34. The van der Waals surface area contributed by atoms with Crippen molar-refractivity contribution in [2.24, 2.45) is 0 Å². The van der Waals surface area contributed by atoms with Gasteiger partial charge in [0, 0.05) is 17.1 Å². The number of fused-ring (bicyclic) bond motifs is 3. The van der Waals surface area contributed by atoms with E-state index in [0.717, 1.165) is 35.1 Å². The van der Waals surface area contributed by atoms with E-state index in [1.54, 1.807) is 0 Å². The summed E-state index contributed by atoms with van der Waals surface area (Å²) in [7, 11) is 0. The molecule has 0 fully saturated rings. The maximum absolute atomic E-state index is 12.4. The number of hydrogen-bond acceptors (Lipinski definition) is 6. The molecule has 3 N–H and O–H groups in total. The predicted octanol–water partition coefficient (Wildman–Crippen LogP) is 5.02.